The third-order valence-electron chi connectivity index (χ3n) is 2.08. The first kappa shape index (κ1) is 7.55. The summed E-state index contributed by atoms with van der Waals surface area (Å²) in [5, 5.41) is 0. The van der Waals surface area contributed by atoms with E-state index >= 15 is 0 Å². The molecule has 2 rings (SSSR count). The van der Waals surface area contributed by atoms with Crippen molar-refractivity contribution in [1.82, 2.24) is 4.98 Å². The number of pyridine rings is 1. The maximum Gasteiger partial charge on any atom is 0.218 e. The molecule has 0 aromatic carbocycles. The van der Waals surface area contributed by atoms with Gasteiger partial charge in [-0.1, -0.05) is 0 Å². The minimum absolute atomic E-state index is 0.0983. The van der Waals surface area contributed by atoms with Crippen LogP contribution in [0.4, 0.5) is 0 Å². The molecule has 1 atom stereocenters. The Morgan fingerprint density at radius 1 is 1.67 bits per heavy atom. The van der Waals surface area contributed by atoms with Crippen LogP contribution in [-0.4, -0.2) is 11.6 Å². The molecule has 2 heterocycles. The van der Waals surface area contributed by atoms with Crippen LogP contribution in [0.3, 0.4) is 0 Å². The Morgan fingerprint density at radius 2 is 2.50 bits per heavy atom. The summed E-state index contributed by atoms with van der Waals surface area (Å²) in [7, 11) is 0. The van der Waals surface area contributed by atoms with E-state index in [4.69, 9.17) is 10.5 Å². The number of aryl methyl sites for hydroxylation is 1. The lowest BCUT2D eigenvalue weighted by molar-refractivity contribution is 0.257. The van der Waals surface area contributed by atoms with Crippen LogP contribution in [0.15, 0.2) is 12.3 Å². The number of ether oxygens (including phenoxy) is 1. The van der Waals surface area contributed by atoms with Gasteiger partial charge in [0.25, 0.3) is 0 Å². The summed E-state index contributed by atoms with van der Waals surface area (Å²) in [6.45, 7) is 2.69. The quantitative estimate of drug-likeness (QED) is 0.626. The van der Waals surface area contributed by atoms with Crippen LogP contribution < -0.4 is 10.5 Å². The molecule has 1 aromatic heterocycles. The Morgan fingerprint density at radius 3 is 3.33 bits per heavy atom. The van der Waals surface area contributed by atoms with Gasteiger partial charge in [0.1, 0.15) is 0 Å². The van der Waals surface area contributed by atoms with Gasteiger partial charge >= 0.3 is 0 Å². The third-order valence-corrected chi connectivity index (χ3v) is 2.08. The van der Waals surface area contributed by atoms with Gasteiger partial charge in [-0.15, -0.1) is 0 Å². The Bertz CT molecular complexity index is 299. The average Bonchev–Trinajstić information content (AvgIpc) is 2.07. The van der Waals surface area contributed by atoms with Gasteiger partial charge in [-0.3, -0.25) is 0 Å². The molecule has 0 radical (unpaired) electrons. The van der Waals surface area contributed by atoms with Crippen LogP contribution >= 0.6 is 0 Å². The van der Waals surface area contributed by atoms with Crippen molar-refractivity contribution in [2.45, 2.75) is 19.4 Å². The van der Waals surface area contributed by atoms with Crippen LogP contribution in [0, 0.1) is 6.92 Å². The predicted molar refractivity (Wildman–Crippen MR) is 46.0 cm³/mol. The van der Waals surface area contributed by atoms with Crippen molar-refractivity contribution < 1.29 is 4.74 Å². The highest BCUT2D eigenvalue weighted by Crippen LogP contribution is 2.28. The predicted octanol–water partition coefficient (Wildman–Crippen LogP) is 1.17. The molecule has 0 spiro atoms. The van der Waals surface area contributed by atoms with E-state index in [9.17, 15) is 0 Å². The van der Waals surface area contributed by atoms with Gasteiger partial charge in [-0.05, 0) is 18.6 Å². The number of hydrogen-bond donors (Lipinski definition) is 1. The number of rotatable bonds is 0. The zero-order valence-electron chi connectivity index (χ0n) is 7.08. The fourth-order valence-corrected chi connectivity index (χ4v) is 1.40. The van der Waals surface area contributed by atoms with E-state index < -0.39 is 0 Å². The van der Waals surface area contributed by atoms with E-state index in [1.807, 2.05) is 13.0 Å². The molecule has 3 nitrogen and oxygen atoms in total. The first-order chi connectivity index (χ1) is 5.77. The lowest BCUT2D eigenvalue weighted by Crippen LogP contribution is -2.21. The Kier molecular flexibility index (Phi) is 1.73. The molecule has 0 amide bonds. The highest BCUT2D eigenvalue weighted by atomic mass is 16.5. The maximum atomic E-state index is 5.90. The molecular formula is C9H12N2O. The molecule has 1 aliphatic heterocycles. The monoisotopic (exact) mass is 164 g/mol. The van der Waals surface area contributed by atoms with Crippen LogP contribution in [0.2, 0.25) is 0 Å². The van der Waals surface area contributed by atoms with Crippen molar-refractivity contribution in [3.05, 3.63) is 23.4 Å². The molecule has 0 fully saturated rings. The fourth-order valence-electron chi connectivity index (χ4n) is 1.40. The standard InChI is InChI=1S/C9H12N2O/c1-6-4-7-8(10)2-3-12-9(7)11-5-6/h4-5,8H,2-3,10H2,1H3. The molecule has 0 saturated carbocycles. The Balaban J connectivity index is 2.47. The molecule has 1 unspecified atom stereocenters. The van der Waals surface area contributed by atoms with E-state index in [0.29, 0.717) is 12.5 Å². The van der Waals surface area contributed by atoms with Gasteiger partial charge in [-0.25, -0.2) is 4.98 Å². The van der Waals surface area contributed by atoms with Crippen molar-refractivity contribution in [3.8, 4) is 5.88 Å². The normalized spacial score (nSPS) is 21.3. The minimum atomic E-state index is 0.0983. The largest absolute Gasteiger partial charge is 0.477 e. The molecular weight excluding hydrogens is 152 g/mol. The van der Waals surface area contributed by atoms with E-state index in [1.54, 1.807) is 6.20 Å². The lowest BCUT2D eigenvalue weighted by Gasteiger charge is -2.21. The zero-order chi connectivity index (χ0) is 8.55. The number of hydrogen-bond acceptors (Lipinski definition) is 3. The smallest absolute Gasteiger partial charge is 0.218 e. The van der Waals surface area contributed by atoms with Gasteiger partial charge in [-0.2, -0.15) is 0 Å². The highest BCUT2D eigenvalue weighted by Gasteiger charge is 2.18. The van der Waals surface area contributed by atoms with Crippen LogP contribution in [-0.2, 0) is 0 Å². The lowest BCUT2D eigenvalue weighted by atomic mass is 10.0. The topological polar surface area (TPSA) is 48.1 Å². The van der Waals surface area contributed by atoms with Gasteiger partial charge in [0.15, 0.2) is 0 Å². The van der Waals surface area contributed by atoms with Crippen molar-refractivity contribution in [2.75, 3.05) is 6.61 Å². The molecule has 2 N–H and O–H groups in total. The van der Waals surface area contributed by atoms with E-state index in [0.717, 1.165) is 17.5 Å². The van der Waals surface area contributed by atoms with Gasteiger partial charge in [0.05, 0.1) is 6.61 Å². The molecule has 0 aliphatic carbocycles. The molecule has 1 aliphatic rings. The van der Waals surface area contributed by atoms with E-state index in [2.05, 4.69) is 4.98 Å². The van der Waals surface area contributed by atoms with Gasteiger partial charge in [0.2, 0.25) is 5.88 Å². The average molecular weight is 164 g/mol. The second kappa shape index (κ2) is 2.75. The maximum absolute atomic E-state index is 5.90. The van der Waals surface area contributed by atoms with Crippen LogP contribution in [0.1, 0.15) is 23.6 Å². The summed E-state index contributed by atoms with van der Waals surface area (Å²) in [5.74, 6) is 0.708. The third kappa shape index (κ3) is 1.16. The molecule has 12 heavy (non-hydrogen) atoms. The highest BCUT2D eigenvalue weighted by molar-refractivity contribution is 5.33. The molecule has 3 heteroatoms. The van der Waals surface area contributed by atoms with Crippen LogP contribution in [0.25, 0.3) is 0 Å². The number of fused-ring (bicyclic) bond motifs is 1. The summed E-state index contributed by atoms with van der Waals surface area (Å²) in [4.78, 5) is 4.17. The first-order valence-electron chi connectivity index (χ1n) is 4.12. The summed E-state index contributed by atoms with van der Waals surface area (Å²) in [6.07, 6.45) is 2.69. The van der Waals surface area contributed by atoms with Gasteiger partial charge in [0, 0.05) is 24.2 Å². The summed E-state index contributed by atoms with van der Waals surface area (Å²) in [5.41, 5.74) is 8.07. The number of nitrogens with zero attached hydrogens (tertiary/aromatic N) is 1. The molecule has 0 saturated heterocycles. The Labute approximate surface area is 71.6 Å². The summed E-state index contributed by atoms with van der Waals surface area (Å²) >= 11 is 0. The summed E-state index contributed by atoms with van der Waals surface area (Å²) < 4.78 is 5.36. The van der Waals surface area contributed by atoms with Gasteiger partial charge < -0.3 is 10.5 Å². The molecule has 0 bridgehead atoms. The molecule has 1 aromatic rings. The van der Waals surface area contributed by atoms with Crippen molar-refractivity contribution in [3.63, 3.8) is 0 Å². The van der Waals surface area contributed by atoms with E-state index in [-0.39, 0.29) is 6.04 Å². The number of nitrogens with two attached hydrogens (primary N) is 1. The fraction of sp³-hybridized carbons (Fsp3) is 0.444. The first-order valence-corrected chi connectivity index (χ1v) is 4.12. The van der Waals surface area contributed by atoms with E-state index in [1.165, 1.54) is 0 Å². The molecule has 64 valence electrons. The number of aromatic nitrogens is 1. The Hall–Kier alpha value is -1.09. The second-order valence-corrected chi connectivity index (χ2v) is 3.15. The minimum Gasteiger partial charge on any atom is -0.477 e. The zero-order valence-corrected chi connectivity index (χ0v) is 7.08. The van der Waals surface area contributed by atoms with Crippen molar-refractivity contribution in [2.24, 2.45) is 5.73 Å². The SMILES string of the molecule is Cc1cnc2c(c1)C(N)CCO2. The van der Waals surface area contributed by atoms with Crippen LogP contribution in [0.5, 0.6) is 5.88 Å². The van der Waals surface area contributed by atoms with Crippen molar-refractivity contribution in [1.29, 1.82) is 0 Å². The second-order valence-electron chi connectivity index (χ2n) is 3.15. The summed E-state index contributed by atoms with van der Waals surface area (Å²) in [6, 6.07) is 2.15. The van der Waals surface area contributed by atoms with Crippen molar-refractivity contribution >= 4 is 0 Å².